The van der Waals surface area contributed by atoms with Crippen LogP contribution in [-0.2, 0) is 6.42 Å². The molecule has 1 saturated heterocycles. The molecule has 0 bridgehead atoms. The molecule has 4 heterocycles. The summed E-state index contributed by atoms with van der Waals surface area (Å²) in [5.74, 6) is 0.633. The van der Waals surface area contributed by atoms with E-state index in [1.165, 1.54) is 0 Å². The SMILES string of the molecule is O=C(c1ccc(-c2cncc(-c3ccnc4c3CCO4)c2)c(Cl)c1)N1CCC(O)CC1. The Labute approximate surface area is 185 Å². The van der Waals surface area contributed by atoms with Crippen molar-refractivity contribution in [3.8, 4) is 28.1 Å². The molecule has 0 radical (unpaired) electrons. The maximum Gasteiger partial charge on any atom is 0.253 e. The lowest BCUT2D eigenvalue weighted by molar-refractivity contribution is 0.0546. The Hall–Kier alpha value is -2.96. The first-order valence-corrected chi connectivity index (χ1v) is 10.8. The van der Waals surface area contributed by atoms with Crippen LogP contribution in [0.15, 0.2) is 48.9 Å². The molecule has 1 N–H and O–H groups in total. The number of hydrogen-bond acceptors (Lipinski definition) is 5. The number of nitrogens with zero attached hydrogens (tertiary/aromatic N) is 3. The van der Waals surface area contributed by atoms with Gasteiger partial charge >= 0.3 is 0 Å². The van der Waals surface area contributed by atoms with Gasteiger partial charge in [0, 0.05) is 70.9 Å². The third kappa shape index (κ3) is 3.89. The fourth-order valence-corrected chi connectivity index (χ4v) is 4.52. The minimum Gasteiger partial charge on any atom is -0.477 e. The first kappa shape index (κ1) is 20.0. The van der Waals surface area contributed by atoms with Crippen LogP contribution in [0.25, 0.3) is 22.3 Å². The van der Waals surface area contributed by atoms with Crippen molar-refractivity contribution in [2.75, 3.05) is 19.7 Å². The summed E-state index contributed by atoms with van der Waals surface area (Å²) in [7, 11) is 0. The van der Waals surface area contributed by atoms with Gasteiger partial charge < -0.3 is 14.7 Å². The minimum absolute atomic E-state index is 0.0559. The van der Waals surface area contributed by atoms with Crippen molar-refractivity contribution in [1.82, 2.24) is 14.9 Å². The predicted molar refractivity (Wildman–Crippen MR) is 118 cm³/mol. The molecule has 158 valence electrons. The number of fused-ring (bicyclic) bond motifs is 1. The highest BCUT2D eigenvalue weighted by Crippen LogP contribution is 2.35. The monoisotopic (exact) mass is 435 g/mol. The molecule has 2 aliphatic heterocycles. The van der Waals surface area contributed by atoms with Gasteiger partial charge in [-0.1, -0.05) is 17.7 Å². The van der Waals surface area contributed by atoms with E-state index in [0.717, 1.165) is 34.2 Å². The molecule has 1 fully saturated rings. The summed E-state index contributed by atoms with van der Waals surface area (Å²) < 4.78 is 5.58. The number of amides is 1. The summed E-state index contributed by atoms with van der Waals surface area (Å²) in [6.45, 7) is 1.76. The summed E-state index contributed by atoms with van der Waals surface area (Å²) >= 11 is 6.59. The lowest BCUT2D eigenvalue weighted by atomic mass is 9.98. The Kier molecular flexibility index (Phi) is 5.34. The van der Waals surface area contributed by atoms with Crippen LogP contribution in [0.2, 0.25) is 5.02 Å². The summed E-state index contributed by atoms with van der Waals surface area (Å²) in [4.78, 5) is 23.3. The second-order valence-electron chi connectivity index (χ2n) is 7.92. The number of aromatic nitrogens is 2. The molecule has 2 aromatic heterocycles. The van der Waals surface area contributed by atoms with Crippen LogP contribution in [-0.4, -0.2) is 51.7 Å². The number of benzene rings is 1. The van der Waals surface area contributed by atoms with Gasteiger partial charge in [-0.25, -0.2) is 4.98 Å². The molecule has 0 spiro atoms. The fraction of sp³-hybridized carbons (Fsp3) is 0.292. The van der Waals surface area contributed by atoms with Crippen molar-refractivity contribution in [2.24, 2.45) is 0 Å². The van der Waals surface area contributed by atoms with Crippen LogP contribution in [0, 0.1) is 0 Å². The van der Waals surface area contributed by atoms with Crippen LogP contribution in [0.3, 0.4) is 0 Å². The number of halogens is 1. The van der Waals surface area contributed by atoms with Crippen LogP contribution in [0.1, 0.15) is 28.8 Å². The van der Waals surface area contributed by atoms with E-state index in [1.54, 1.807) is 29.4 Å². The van der Waals surface area contributed by atoms with E-state index in [-0.39, 0.29) is 12.0 Å². The van der Waals surface area contributed by atoms with Crippen LogP contribution < -0.4 is 4.74 Å². The zero-order chi connectivity index (χ0) is 21.4. The molecule has 0 unspecified atom stereocenters. The minimum atomic E-state index is -0.317. The number of carbonyl (C=O) groups excluding carboxylic acids is 1. The molecule has 31 heavy (non-hydrogen) atoms. The van der Waals surface area contributed by atoms with Gasteiger partial charge in [0.15, 0.2) is 0 Å². The van der Waals surface area contributed by atoms with Crippen molar-refractivity contribution in [1.29, 1.82) is 0 Å². The standard InChI is InChI=1S/C24H22ClN3O3/c25-22-12-15(24(30)28-8-4-18(29)5-9-28)1-2-20(22)17-11-16(13-26-14-17)19-3-7-27-23-21(19)6-10-31-23/h1-3,7,11-14,18,29H,4-6,8-10H2. The van der Waals surface area contributed by atoms with E-state index in [2.05, 4.69) is 16.0 Å². The lowest BCUT2D eigenvalue weighted by Crippen LogP contribution is -2.40. The Morgan fingerprint density at radius 3 is 2.65 bits per heavy atom. The average Bonchev–Trinajstić information content (AvgIpc) is 3.28. The van der Waals surface area contributed by atoms with E-state index in [9.17, 15) is 9.90 Å². The Balaban J connectivity index is 1.43. The van der Waals surface area contributed by atoms with Gasteiger partial charge in [-0.2, -0.15) is 0 Å². The number of ether oxygens (including phenoxy) is 1. The largest absolute Gasteiger partial charge is 0.477 e. The number of hydrogen-bond donors (Lipinski definition) is 1. The van der Waals surface area contributed by atoms with Gasteiger partial charge in [-0.3, -0.25) is 9.78 Å². The van der Waals surface area contributed by atoms with Gasteiger partial charge in [0.05, 0.1) is 12.7 Å². The number of likely N-dealkylation sites (tertiary alicyclic amines) is 1. The fourth-order valence-electron chi connectivity index (χ4n) is 4.23. The Morgan fingerprint density at radius 2 is 1.87 bits per heavy atom. The number of pyridine rings is 2. The maximum absolute atomic E-state index is 12.8. The molecule has 0 saturated carbocycles. The predicted octanol–water partition coefficient (Wildman–Crippen LogP) is 4.00. The Morgan fingerprint density at radius 1 is 1.10 bits per heavy atom. The van der Waals surface area contributed by atoms with Crippen LogP contribution >= 0.6 is 11.6 Å². The van der Waals surface area contributed by atoms with Gasteiger partial charge in [0.1, 0.15) is 0 Å². The Bertz CT molecular complexity index is 1140. The zero-order valence-electron chi connectivity index (χ0n) is 16.9. The quantitative estimate of drug-likeness (QED) is 0.673. The van der Waals surface area contributed by atoms with Gasteiger partial charge in [-0.05, 0) is 42.7 Å². The van der Waals surface area contributed by atoms with E-state index in [0.29, 0.717) is 49.0 Å². The van der Waals surface area contributed by atoms with Crippen molar-refractivity contribution in [3.05, 3.63) is 65.1 Å². The van der Waals surface area contributed by atoms with E-state index >= 15 is 0 Å². The number of piperidine rings is 1. The van der Waals surface area contributed by atoms with E-state index in [4.69, 9.17) is 16.3 Å². The second-order valence-corrected chi connectivity index (χ2v) is 8.33. The highest BCUT2D eigenvalue weighted by atomic mass is 35.5. The van der Waals surface area contributed by atoms with Gasteiger partial charge in [0.2, 0.25) is 5.88 Å². The first-order valence-electron chi connectivity index (χ1n) is 10.4. The van der Waals surface area contributed by atoms with Crippen molar-refractivity contribution < 1.29 is 14.6 Å². The van der Waals surface area contributed by atoms with Crippen molar-refractivity contribution in [2.45, 2.75) is 25.4 Å². The number of aliphatic hydroxyl groups excluding tert-OH is 1. The third-order valence-corrected chi connectivity index (χ3v) is 6.25. The topological polar surface area (TPSA) is 75.5 Å². The molecule has 3 aromatic rings. The van der Waals surface area contributed by atoms with E-state index in [1.807, 2.05) is 18.3 Å². The number of carbonyl (C=O) groups is 1. The summed E-state index contributed by atoms with van der Waals surface area (Å²) in [5.41, 5.74) is 5.39. The molecule has 0 atom stereocenters. The highest BCUT2D eigenvalue weighted by Gasteiger charge is 2.23. The summed E-state index contributed by atoms with van der Waals surface area (Å²) in [6, 6.07) is 9.42. The molecule has 1 aromatic carbocycles. The summed E-state index contributed by atoms with van der Waals surface area (Å²) in [6.07, 6.45) is 7.08. The van der Waals surface area contributed by atoms with Crippen molar-refractivity contribution in [3.63, 3.8) is 0 Å². The zero-order valence-corrected chi connectivity index (χ0v) is 17.7. The summed E-state index contributed by atoms with van der Waals surface area (Å²) in [5, 5.41) is 10.2. The molecule has 2 aliphatic rings. The maximum atomic E-state index is 12.8. The molecule has 6 nitrogen and oxygen atoms in total. The van der Waals surface area contributed by atoms with Gasteiger partial charge in [-0.15, -0.1) is 0 Å². The van der Waals surface area contributed by atoms with E-state index < -0.39 is 0 Å². The van der Waals surface area contributed by atoms with Gasteiger partial charge in [0.25, 0.3) is 5.91 Å². The smallest absolute Gasteiger partial charge is 0.253 e. The molecule has 7 heteroatoms. The second kappa shape index (κ2) is 8.29. The number of rotatable bonds is 3. The molecule has 0 aliphatic carbocycles. The molecule has 5 rings (SSSR count). The first-order chi connectivity index (χ1) is 15.1. The molecule has 1 amide bonds. The lowest BCUT2D eigenvalue weighted by Gasteiger charge is -2.29. The highest BCUT2D eigenvalue weighted by molar-refractivity contribution is 6.33. The van der Waals surface area contributed by atoms with Crippen LogP contribution in [0.5, 0.6) is 5.88 Å². The third-order valence-electron chi connectivity index (χ3n) is 5.94. The number of aliphatic hydroxyl groups is 1. The normalized spacial score (nSPS) is 16.1. The van der Waals surface area contributed by atoms with Crippen LogP contribution in [0.4, 0.5) is 0 Å². The average molecular weight is 436 g/mol. The molecular formula is C24H22ClN3O3. The molecular weight excluding hydrogens is 414 g/mol. The van der Waals surface area contributed by atoms with Crippen molar-refractivity contribution >= 4 is 17.5 Å².